The molecule has 0 aromatic heterocycles. The van der Waals surface area contributed by atoms with E-state index in [1.165, 1.54) is 13.5 Å². The maximum atomic E-state index is 12.2. The Labute approximate surface area is 129 Å². The highest BCUT2D eigenvalue weighted by molar-refractivity contribution is 6.42. The molecule has 3 rings (SSSR count). The highest BCUT2D eigenvalue weighted by Crippen LogP contribution is 2.52. The van der Waals surface area contributed by atoms with Crippen LogP contribution in [0.15, 0.2) is 18.2 Å². The SMILES string of the molecule is COC(=O)[C@@H]1[C@H]2CC[C@H](C2)C[C@@H]1c1ccc(Cl)c(Cl)c1. The molecule has 0 unspecified atom stereocenters. The molecule has 0 N–H and O–H groups in total. The Balaban J connectivity index is 1.96. The van der Waals surface area contributed by atoms with Gasteiger partial charge in [0.1, 0.15) is 0 Å². The van der Waals surface area contributed by atoms with E-state index in [0.717, 1.165) is 30.7 Å². The van der Waals surface area contributed by atoms with Crippen LogP contribution in [0.25, 0.3) is 0 Å². The summed E-state index contributed by atoms with van der Waals surface area (Å²) in [6.45, 7) is 0. The molecule has 2 saturated carbocycles. The van der Waals surface area contributed by atoms with Gasteiger partial charge in [0.2, 0.25) is 0 Å². The zero-order chi connectivity index (χ0) is 14.3. The van der Waals surface area contributed by atoms with Crippen LogP contribution in [-0.4, -0.2) is 13.1 Å². The van der Waals surface area contributed by atoms with Gasteiger partial charge in [-0.3, -0.25) is 4.79 Å². The molecule has 108 valence electrons. The second kappa shape index (κ2) is 5.57. The Morgan fingerprint density at radius 1 is 1.20 bits per heavy atom. The van der Waals surface area contributed by atoms with Gasteiger partial charge in [-0.05, 0) is 54.7 Å². The molecule has 20 heavy (non-hydrogen) atoms. The molecule has 0 heterocycles. The van der Waals surface area contributed by atoms with Crippen molar-refractivity contribution in [1.82, 2.24) is 0 Å². The van der Waals surface area contributed by atoms with Crippen LogP contribution in [-0.2, 0) is 9.53 Å². The van der Waals surface area contributed by atoms with E-state index in [0.29, 0.717) is 16.0 Å². The molecule has 2 fully saturated rings. The fourth-order valence-corrected chi connectivity index (χ4v) is 4.37. The number of benzene rings is 1. The molecule has 2 bridgehead atoms. The Morgan fingerprint density at radius 3 is 2.70 bits per heavy atom. The molecular formula is C16H18Cl2O2. The van der Waals surface area contributed by atoms with Gasteiger partial charge < -0.3 is 4.74 Å². The van der Waals surface area contributed by atoms with E-state index < -0.39 is 0 Å². The standard InChI is InChI=1S/C16H18Cl2O2/c1-20-16(19)15-11-3-2-9(6-11)7-12(15)10-4-5-13(17)14(18)8-10/h4-5,8-9,11-12,15H,2-3,6-7H2,1H3/t9-,11+,12-,15-/m1/s1. The topological polar surface area (TPSA) is 26.3 Å². The Bertz CT molecular complexity index is 529. The lowest BCUT2D eigenvalue weighted by Crippen LogP contribution is -2.33. The number of ether oxygens (including phenoxy) is 1. The summed E-state index contributed by atoms with van der Waals surface area (Å²) in [5.74, 6) is 1.30. The van der Waals surface area contributed by atoms with Crippen LogP contribution in [0.3, 0.4) is 0 Å². The minimum Gasteiger partial charge on any atom is -0.469 e. The molecule has 0 radical (unpaired) electrons. The van der Waals surface area contributed by atoms with Crippen LogP contribution in [0.4, 0.5) is 0 Å². The summed E-state index contributed by atoms with van der Waals surface area (Å²) >= 11 is 12.1. The Hall–Kier alpha value is -0.730. The van der Waals surface area contributed by atoms with E-state index in [1.807, 2.05) is 18.2 Å². The van der Waals surface area contributed by atoms with Crippen molar-refractivity contribution in [2.75, 3.05) is 7.11 Å². The first kappa shape index (κ1) is 14.2. The number of halogens is 2. The predicted molar refractivity (Wildman–Crippen MR) is 80.2 cm³/mol. The van der Waals surface area contributed by atoms with E-state index in [9.17, 15) is 4.79 Å². The van der Waals surface area contributed by atoms with Crippen molar-refractivity contribution in [2.45, 2.75) is 31.6 Å². The average molecular weight is 313 g/mol. The van der Waals surface area contributed by atoms with Gasteiger partial charge in [0.25, 0.3) is 0 Å². The van der Waals surface area contributed by atoms with Gasteiger partial charge in [-0.1, -0.05) is 35.7 Å². The van der Waals surface area contributed by atoms with Crippen molar-refractivity contribution >= 4 is 29.2 Å². The largest absolute Gasteiger partial charge is 0.469 e. The normalized spacial score (nSPS) is 32.1. The van der Waals surface area contributed by atoms with Crippen molar-refractivity contribution in [3.63, 3.8) is 0 Å². The van der Waals surface area contributed by atoms with Crippen molar-refractivity contribution in [3.8, 4) is 0 Å². The summed E-state index contributed by atoms with van der Waals surface area (Å²) in [7, 11) is 1.48. The number of methoxy groups -OCH3 is 1. The van der Waals surface area contributed by atoms with Gasteiger partial charge in [-0.15, -0.1) is 0 Å². The number of hydrogen-bond donors (Lipinski definition) is 0. The fraction of sp³-hybridized carbons (Fsp3) is 0.562. The molecule has 2 aliphatic carbocycles. The highest BCUT2D eigenvalue weighted by atomic mass is 35.5. The lowest BCUT2D eigenvalue weighted by molar-refractivity contribution is -0.149. The van der Waals surface area contributed by atoms with Gasteiger partial charge in [-0.25, -0.2) is 0 Å². The van der Waals surface area contributed by atoms with Gasteiger partial charge in [0.15, 0.2) is 0 Å². The minimum absolute atomic E-state index is 0.0315. The zero-order valence-corrected chi connectivity index (χ0v) is 13.0. The number of rotatable bonds is 2. The van der Waals surface area contributed by atoms with Crippen LogP contribution >= 0.6 is 23.2 Å². The monoisotopic (exact) mass is 312 g/mol. The second-order valence-electron chi connectivity index (χ2n) is 6.00. The van der Waals surface area contributed by atoms with E-state index in [-0.39, 0.29) is 17.8 Å². The first-order chi connectivity index (χ1) is 9.60. The molecular weight excluding hydrogens is 295 g/mol. The smallest absolute Gasteiger partial charge is 0.309 e. The van der Waals surface area contributed by atoms with Crippen molar-refractivity contribution in [2.24, 2.45) is 17.8 Å². The summed E-state index contributed by atoms with van der Waals surface area (Å²) < 4.78 is 5.05. The maximum Gasteiger partial charge on any atom is 0.309 e. The lowest BCUT2D eigenvalue weighted by atomic mass is 9.69. The number of fused-ring (bicyclic) bond motifs is 2. The van der Waals surface area contributed by atoms with Crippen molar-refractivity contribution < 1.29 is 9.53 Å². The third-order valence-electron chi connectivity index (χ3n) is 4.96. The molecule has 0 spiro atoms. The predicted octanol–water partition coefficient (Wildman–Crippen LogP) is 4.69. The summed E-state index contributed by atoms with van der Waals surface area (Å²) in [6, 6.07) is 5.74. The summed E-state index contributed by atoms with van der Waals surface area (Å²) in [4.78, 5) is 12.2. The van der Waals surface area contributed by atoms with Gasteiger partial charge in [-0.2, -0.15) is 0 Å². The maximum absolute atomic E-state index is 12.2. The Kier molecular flexibility index (Phi) is 3.96. The molecule has 0 saturated heterocycles. The second-order valence-corrected chi connectivity index (χ2v) is 6.82. The van der Waals surface area contributed by atoms with Crippen LogP contribution in [0.1, 0.15) is 37.2 Å². The van der Waals surface area contributed by atoms with Gasteiger partial charge in [0, 0.05) is 0 Å². The van der Waals surface area contributed by atoms with Crippen molar-refractivity contribution in [3.05, 3.63) is 33.8 Å². The third kappa shape index (κ3) is 2.44. The lowest BCUT2D eigenvalue weighted by Gasteiger charge is -2.35. The molecule has 2 aliphatic rings. The highest BCUT2D eigenvalue weighted by Gasteiger charge is 2.46. The third-order valence-corrected chi connectivity index (χ3v) is 5.69. The minimum atomic E-state index is -0.0774. The van der Waals surface area contributed by atoms with Crippen LogP contribution < -0.4 is 0 Å². The molecule has 2 nitrogen and oxygen atoms in total. The van der Waals surface area contributed by atoms with Crippen molar-refractivity contribution in [1.29, 1.82) is 0 Å². The molecule has 4 atom stereocenters. The van der Waals surface area contributed by atoms with Gasteiger partial charge in [0.05, 0.1) is 23.1 Å². The first-order valence-electron chi connectivity index (χ1n) is 7.13. The first-order valence-corrected chi connectivity index (χ1v) is 7.88. The molecule has 1 aromatic rings. The Morgan fingerprint density at radius 2 is 2.00 bits per heavy atom. The molecule has 0 amide bonds. The van der Waals surface area contributed by atoms with Crippen LogP contribution in [0.2, 0.25) is 10.0 Å². The molecule has 0 aliphatic heterocycles. The van der Waals surface area contributed by atoms with E-state index in [2.05, 4.69) is 0 Å². The number of carbonyl (C=O) groups is 1. The van der Waals surface area contributed by atoms with Gasteiger partial charge >= 0.3 is 5.97 Å². The molecule has 4 heteroatoms. The summed E-state index contributed by atoms with van der Waals surface area (Å²) in [5, 5.41) is 1.12. The number of carbonyl (C=O) groups excluding carboxylic acids is 1. The van der Waals surface area contributed by atoms with E-state index in [4.69, 9.17) is 27.9 Å². The van der Waals surface area contributed by atoms with Crippen LogP contribution in [0.5, 0.6) is 0 Å². The number of hydrogen-bond acceptors (Lipinski definition) is 2. The fourth-order valence-electron chi connectivity index (χ4n) is 4.07. The molecule has 1 aromatic carbocycles. The average Bonchev–Trinajstić information content (AvgIpc) is 2.82. The summed E-state index contributed by atoms with van der Waals surface area (Å²) in [6.07, 6.45) is 4.59. The van der Waals surface area contributed by atoms with E-state index in [1.54, 1.807) is 0 Å². The quantitative estimate of drug-likeness (QED) is 0.741. The van der Waals surface area contributed by atoms with E-state index >= 15 is 0 Å². The zero-order valence-electron chi connectivity index (χ0n) is 11.4. The number of esters is 1. The van der Waals surface area contributed by atoms with Crippen LogP contribution in [0, 0.1) is 17.8 Å². The summed E-state index contributed by atoms with van der Waals surface area (Å²) in [5.41, 5.74) is 1.12.